The van der Waals surface area contributed by atoms with E-state index in [9.17, 15) is 10.1 Å². The standard InChI is InChI=1S/C16H18N2O3/c19-18(20)15-9-7-14(8-10-15)13-17-11-4-12-21-16-5-2-1-3-6-16/h1-3,5-10,17H,4,11-13H2. The Bertz CT molecular complexity index is 555. The molecule has 0 aromatic heterocycles. The normalized spacial score (nSPS) is 10.3. The van der Waals surface area contributed by atoms with Crippen molar-refractivity contribution in [2.45, 2.75) is 13.0 Å². The summed E-state index contributed by atoms with van der Waals surface area (Å²) in [6, 6.07) is 16.3. The number of para-hydroxylation sites is 1. The molecule has 110 valence electrons. The van der Waals surface area contributed by atoms with E-state index in [0.29, 0.717) is 13.2 Å². The van der Waals surface area contributed by atoms with Crippen molar-refractivity contribution in [2.75, 3.05) is 13.2 Å². The summed E-state index contributed by atoms with van der Waals surface area (Å²) in [6.07, 6.45) is 0.905. The Morgan fingerprint density at radius 2 is 1.76 bits per heavy atom. The highest BCUT2D eigenvalue weighted by Crippen LogP contribution is 2.11. The first kappa shape index (κ1) is 15.0. The van der Waals surface area contributed by atoms with Crippen LogP contribution in [0.3, 0.4) is 0 Å². The molecule has 5 nitrogen and oxygen atoms in total. The van der Waals surface area contributed by atoms with Gasteiger partial charge in [0.15, 0.2) is 0 Å². The van der Waals surface area contributed by atoms with Gasteiger partial charge in [0.2, 0.25) is 0 Å². The first-order valence-corrected chi connectivity index (χ1v) is 6.87. The number of hydrogen-bond donors (Lipinski definition) is 1. The number of nitrogens with zero attached hydrogens (tertiary/aromatic N) is 1. The van der Waals surface area contributed by atoms with Crippen molar-refractivity contribution in [3.8, 4) is 5.75 Å². The highest BCUT2D eigenvalue weighted by molar-refractivity contribution is 5.32. The third kappa shape index (κ3) is 5.24. The van der Waals surface area contributed by atoms with Gasteiger partial charge in [-0.1, -0.05) is 30.3 Å². The second-order valence-corrected chi connectivity index (χ2v) is 4.62. The van der Waals surface area contributed by atoms with Crippen LogP contribution in [0.25, 0.3) is 0 Å². The van der Waals surface area contributed by atoms with Crippen LogP contribution in [-0.4, -0.2) is 18.1 Å². The van der Waals surface area contributed by atoms with Crippen molar-refractivity contribution >= 4 is 5.69 Å². The van der Waals surface area contributed by atoms with E-state index in [1.165, 1.54) is 12.1 Å². The van der Waals surface area contributed by atoms with Gasteiger partial charge in [-0.05, 0) is 30.7 Å². The van der Waals surface area contributed by atoms with Gasteiger partial charge >= 0.3 is 0 Å². The van der Waals surface area contributed by atoms with Gasteiger partial charge in [0.05, 0.1) is 11.5 Å². The molecular formula is C16H18N2O3. The molecule has 0 bridgehead atoms. The molecule has 1 N–H and O–H groups in total. The fourth-order valence-corrected chi connectivity index (χ4v) is 1.87. The van der Waals surface area contributed by atoms with E-state index < -0.39 is 4.92 Å². The monoisotopic (exact) mass is 286 g/mol. The maximum atomic E-state index is 10.5. The van der Waals surface area contributed by atoms with Crippen LogP contribution in [0, 0.1) is 10.1 Å². The van der Waals surface area contributed by atoms with Gasteiger partial charge in [-0.3, -0.25) is 10.1 Å². The third-order valence-corrected chi connectivity index (χ3v) is 2.99. The number of benzene rings is 2. The topological polar surface area (TPSA) is 64.4 Å². The number of non-ortho nitro benzene ring substituents is 1. The van der Waals surface area contributed by atoms with E-state index in [1.54, 1.807) is 12.1 Å². The average molecular weight is 286 g/mol. The van der Waals surface area contributed by atoms with Crippen LogP contribution in [0.15, 0.2) is 54.6 Å². The van der Waals surface area contributed by atoms with Gasteiger partial charge in [0.1, 0.15) is 5.75 Å². The molecule has 0 fully saturated rings. The molecule has 0 saturated carbocycles. The van der Waals surface area contributed by atoms with E-state index in [-0.39, 0.29) is 5.69 Å². The predicted molar refractivity (Wildman–Crippen MR) is 81.4 cm³/mol. The van der Waals surface area contributed by atoms with Crippen molar-refractivity contribution in [2.24, 2.45) is 0 Å². The van der Waals surface area contributed by atoms with Crippen molar-refractivity contribution in [3.05, 3.63) is 70.3 Å². The minimum Gasteiger partial charge on any atom is -0.494 e. The average Bonchev–Trinajstić information content (AvgIpc) is 2.52. The lowest BCUT2D eigenvalue weighted by atomic mass is 10.2. The summed E-state index contributed by atoms with van der Waals surface area (Å²) >= 11 is 0. The Morgan fingerprint density at radius 3 is 2.43 bits per heavy atom. The number of nitro benzene ring substituents is 1. The number of hydrogen-bond acceptors (Lipinski definition) is 4. The Morgan fingerprint density at radius 1 is 1.05 bits per heavy atom. The van der Waals surface area contributed by atoms with E-state index in [0.717, 1.165) is 24.3 Å². The molecule has 0 unspecified atom stereocenters. The maximum absolute atomic E-state index is 10.5. The molecule has 0 aliphatic rings. The van der Waals surface area contributed by atoms with Gasteiger partial charge in [-0.15, -0.1) is 0 Å². The minimum absolute atomic E-state index is 0.120. The molecule has 2 rings (SSSR count). The summed E-state index contributed by atoms with van der Waals surface area (Å²) in [7, 11) is 0. The molecule has 0 saturated heterocycles. The first-order valence-electron chi connectivity index (χ1n) is 6.87. The van der Waals surface area contributed by atoms with Crippen molar-refractivity contribution < 1.29 is 9.66 Å². The van der Waals surface area contributed by atoms with E-state index in [1.807, 2.05) is 30.3 Å². The van der Waals surface area contributed by atoms with Crippen LogP contribution in [-0.2, 0) is 6.54 Å². The zero-order chi connectivity index (χ0) is 14.9. The summed E-state index contributed by atoms with van der Waals surface area (Å²) in [5, 5.41) is 13.8. The van der Waals surface area contributed by atoms with Crippen LogP contribution in [0.1, 0.15) is 12.0 Å². The highest BCUT2D eigenvalue weighted by atomic mass is 16.6. The van der Waals surface area contributed by atoms with Crippen LogP contribution in [0.4, 0.5) is 5.69 Å². The SMILES string of the molecule is O=[N+]([O-])c1ccc(CNCCCOc2ccccc2)cc1. The Labute approximate surface area is 123 Å². The summed E-state index contributed by atoms with van der Waals surface area (Å²) in [4.78, 5) is 10.1. The van der Waals surface area contributed by atoms with E-state index in [4.69, 9.17) is 4.74 Å². The molecule has 2 aromatic carbocycles. The minimum atomic E-state index is -0.391. The van der Waals surface area contributed by atoms with Crippen molar-refractivity contribution in [3.63, 3.8) is 0 Å². The van der Waals surface area contributed by atoms with E-state index in [2.05, 4.69) is 5.32 Å². The summed E-state index contributed by atoms with van der Waals surface area (Å²) in [5.41, 5.74) is 1.15. The fourth-order valence-electron chi connectivity index (χ4n) is 1.87. The second kappa shape index (κ2) is 8.01. The lowest BCUT2D eigenvalue weighted by Gasteiger charge is -2.07. The Hall–Kier alpha value is -2.40. The van der Waals surface area contributed by atoms with Crippen molar-refractivity contribution in [1.82, 2.24) is 5.32 Å². The Balaban J connectivity index is 1.60. The van der Waals surface area contributed by atoms with E-state index >= 15 is 0 Å². The van der Waals surface area contributed by atoms with Gasteiger partial charge in [-0.25, -0.2) is 0 Å². The summed E-state index contributed by atoms with van der Waals surface area (Å²) < 4.78 is 5.59. The quantitative estimate of drug-likeness (QED) is 0.460. The van der Waals surface area contributed by atoms with Crippen LogP contribution in [0.2, 0.25) is 0 Å². The predicted octanol–water partition coefficient (Wildman–Crippen LogP) is 3.15. The lowest BCUT2D eigenvalue weighted by molar-refractivity contribution is -0.384. The second-order valence-electron chi connectivity index (χ2n) is 4.62. The number of rotatable bonds is 8. The van der Waals surface area contributed by atoms with Crippen molar-refractivity contribution in [1.29, 1.82) is 0 Å². The third-order valence-electron chi connectivity index (χ3n) is 2.99. The molecular weight excluding hydrogens is 268 g/mol. The Kier molecular flexibility index (Phi) is 5.72. The van der Waals surface area contributed by atoms with Gasteiger partial charge < -0.3 is 10.1 Å². The zero-order valence-electron chi connectivity index (χ0n) is 11.7. The molecule has 21 heavy (non-hydrogen) atoms. The molecule has 5 heteroatoms. The molecule has 0 heterocycles. The number of nitrogens with one attached hydrogen (secondary N) is 1. The van der Waals surface area contributed by atoms with Gasteiger partial charge in [0, 0.05) is 18.7 Å². The summed E-state index contributed by atoms with van der Waals surface area (Å²) in [5.74, 6) is 0.882. The molecule has 0 atom stereocenters. The van der Waals surface area contributed by atoms with Gasteiger partial charge in [0.25, 0.3) is 5.69 Å². The van der Waals surface area contributed by atoms with Crippen LogP contribution >= 0.6 is 0 Å². The largest absolute Gasteiger partial charge is 0.494 e. The maximum Gasteiger partial charge on any atom is 0.269 e. The first-order chi connectivity index (χ1) is 10.3. The molecule has 0 aliphatic carbocycles. The smallest absolute Gasteiger partial charge is 0.269 e. The van der Waals surface area contributed by atoms with Crippen LogP contribution in [0.5, 0.6) is 5.75 Å². The molecule has 0 radical (unpaired) electrons. The fraction of sp³-hybridized carbons (Fsp3) is 0.250. The lowest BCUT2D eigenvalue weighted by Crippen LogP contribution is -2.17. The molecule has 2 aromatic rings. The zero-order valence-corrected chi connectivity index (χ0v) is 11.7. The molecule has 0 aliphatic heterocycles. The highest BCUT2D eigenvalue weighted by Gasteiger charge is 2.03. The molecule has 0 spiro atoms. The van der Waals surface area contributed by atoms with Gasteiger partial charge in [-0.2, -0.15) is 0 Å². The summed E-state index contributed by atoms with van der Waals surface area (Å²) in [6.45, 7) is 2.20. The van der Waals surface area contributed by atoms with Crippen LogP contribution < -0.4 is 10.1 Å². The molecule has 0 amide bonds. The number of nitro groups is 1. The number of ether oxygens (including phenoxy) is 1.